The van der Waals surface area contributed by atoms with Crippen molar-refractivity contribution < 1.29 is 19.1 Å². The number of amides is 2. The third-order valence-electron chi connectivity index (χ3n) is 5.09. The van der Waals surface area contributed by atoms with Crippen LogP contribution in [0.25, 0.3) is 0 Å². The summed E-state index contributed by atoms with van der Waals surface area (Å²) in [7, 11) is 3.10. The zero-order chi connectivity index (χ0) is 16.4. The molecule has 3 rings (SSSR count). The lowest BCUT2D eigenvalue weighted by Gasteiger charge is -2.42. The van der Waals surface area contributed by atoms with E-state index in [1.165, 1.54) is 11.3 Å². The van der Waals surface area contributed by atoms with Crippen molar-refractivity contribution in [2.75, 3.05) is 19.1 Å². The van der Waals surface area contributed by atoms with Gasteiger partial charge in [-0.1, -0.05) is 19.3 Å². The lowest BCUT2D eigenvalue weighted by atomic mass is 9.67. The molecule has 124 valence electrons. The van der Waals surface area contributed by atoms with Crippen LogP contribution in [-0.4, -0.2) is 26.0 Å². The molecule has 1 aromatic rings. The van der Waals surface area contributed by atoms with Crippen LogP contribution in [0.5, 0.6) is 11.5 Å². The molecule has 2 fully saturated rings. The summed E-state index contributed by atoms with van der Waals surface area (Å²) < 4.78 is 10.5. The molecule has 0 N–H and O–H groups in total. The van der Waals surface area contributed by atoms with Gasteiger partial charge in [-0.2, -0.15) is 0 Å². The second kappa shape index (κ2) is 6.22. The smallest absolute Gasteiger partial charge is 0.234 e. The van der Waals surface area contributed by atoms with Gasteiger partial charge in [-0.25, -0.2) is 0 Å². The van der Waals surface area contributed by atoms with Crippen molar-refractivity contribution in [3.8, 4) is 11.5 Å². The lowest BCUT2D eigenvalue weighted by Crippen LogP contribution is -2.48. The molecule has 0 unspecified atom stereocenters. The van der Waals surface area contributed by atoms with E-state index in [0.717, 1.165) is 25.7 Å². The summed E-state index contributed by atoms with van der Waals surface area (Å²) in [5.74, 6) is 0.895. The number of carbonyl (C=O) groups is 2. The Balaban J connectivity index is 1.86. The summed E-state index contributed by atoms with van der Waals surface area (Å²) in [4.78, 5) is 26.6. The Kier molecular flexibility index (Phi) is 4.28. The third kappa shape index (κ3) is 2.92. The van der Waals surface area contributed by atoms with Crippen LogP contribution in [0, 0.1) is 5.41 Å². The number of hydrogen-bond donors (Lipinski definition) is 0. The maximum absolute atomic E-state index is 12.7. The molecule has 0 atom stereocenters. The van der Waals surface area contributed by atoms with Gasteiger partial charge in [-0.15, -0.1) is 0 Å². The van der Waals surface area contributed by atoms with E-state index < -0.39 is 0 Å². The molecule has 1 aliphatic heterocycles. The predicted octanol–water partition coefficient (Wildman–Crippen LogP) is 3.31. The molecule has 0 aromatic heterocycles. The van der Waals surface area contributed by atoms with Crippen molar-refractivity contribution in [1.82, 2.24) is 0 Å². The lowest BCUT2D eigenvalue weighted by molar-refractivity contribution is -0.134. The first kappa shape index (κ1) is 15.8. The Labute approximate surface area is 136 Å². The van der Waals surface area contributed by atoms with Gasteiger partial charge in [0.15, 0.2) is 11.5 Å². The van der Waals surface area contributed by atoms with E-state index in [4.69, 9.17) is 9.47 Å². The Morgan fingerprint density at radius 2 is 1.52 bits per heavy atom. The van der Waals surface area contributed by atoms with Gasteiger partial charge in [0, 0.05) is 18.9 Å². The number of nitrogens with zero attached hydrogens (tertiary/aromatic N) is 1. The summed E-state index contributed by atoms with van der Waals surface area (Å²) in [6.07, 6.45) is 6.37. The molecule has 1 saturated carbocycles. The highest BCUT2D eigenvalue weighted by atomic mass is 16.5. The van der Waals surface area contributed by atoms with Gasteiger partial charge in [0.05, 0.1) is 19.9 Å². The van der Waals surface area contributed by atoms with Crippen molar-refractivity contribution in [1.29, 1.82) is 0 Å². The van der Waals surface area contributed by atoms with Gasteiger partial charge in [0.1, 0.15) is 0 Å². The zero-order valence-electron chi connectivity index (χ0n) is 13.8. The van der Waals surface area contributed by atoms with Crippen LogP contribution >= 0.6 is 0 Å². The van der Waals surface area contributed by atoms with E-state index in [0.29, 0.717) is 30.0 Å². The van der Waals surface area contributed by atoms with Crippen LogP contribution in [-0.2, 0) is 9.59 Å². The minimum absolute atomic E-state index is 0.0977. The monoisotopic (exact) mass is 317 g/mol. The summed E-state index contributed by atoms with van der Waals surface area (Å²) in [6.45, 7) is 0. The van der Waals surface area contributed by atoms with Crippen molar-refractivity contribution in [2.45, 2.75) is 44.9 Å². The minimum Gasteiger partial charge on any atom is -0.493 e. The maximum atomic E-state index is 12.7. The maximum Gasteiger partial charge on any atom is 0.234 e. The molecular formula is C18H23NO4. The molecular weight excluding hydrogens is 294 g/mol. The molecule has 0 radical (unpaired) electrons. The quantitative estimate of drug-likeness (QED) is 0.803. The fraction of sp³-hybridized carbons (Fsp3) is 0.556. The van der Waals surface area contributed by atoms with E-state index in [9.17, 15) is 9.59 Å². The normalized spacial score (nSPS) is 20.7. The van der Waals surface area contributed by atoms with E-state index in [1.807, 2.05) is 0 Å². The first-order chi connectivity index (χ1) is 11.1. The summed E-state index contributed by atoms with van der Waals surface area (Å²) in [5, 5.41) is 0. The highest BCUT2D eigenvalue weighted by Gasteiger charge is 2.44. The molecule has 1 saturated heterocycles. The van der Waals surface area contributed by atoms with Gasteiger partial charge in [0.2, 0.25) is 11.8 Å². The van der Waals surface area contributed by atoms with Crippen LogP contribution in [0.3, 0.4) is 0 Å². The zero-order valence-corrected chi connectivity index (χ0v) is 13.8. The van der Waals surface area contributed by atoms with Crippen molar-refractivity contribution >= 4 is 17.5 Å². The molecule has 2 aliphatic rings. The average Bonchev–Trinajstić information content (AvgIpc) is 2.54. The van der Waals surface area contributed by atoms with E-state index in [1.54, 1.807) is 32.4 Å². The second-order valence-electron chi connectivity index (χ2n) is 6.58. The number of piperidine rings is 1. The SMILES string of the molecule is COc1ccc(N2C(=O)CC3(CCCCC3)CC2=O)cc1OC. The number of methoxy groups -OCH3 is 2. The van der Waals surface area contributed by atoms with Gasteiger partial charge in [-0.05, 0) is 30.4 Å². The Morgan fingerprint density at radius 3 is 2.09 bits per heavy atom. The number of benzene rings is 1. The molecule has 0 bridgehead atoms. The Bertz CT molecular complexity index is 599. The van der Waals surface area contributed by atoms with E-state index in [2.05, 4.69) is 0 Å². The highest BCUT2D eigenvalue weighted by molar-refractivity contribution is 6.17. The Hall–Kier alpha value is -2.04. The van der Waals surface area contributed by atoms with Gasteiger partial charge in [0.25, 0.3) is 0 Å². The number of ether oxygens (including phenoxy) is 2. The first-order valence-electron chi connectivity index (χ1n) is 8.16. The average molecular weight is 317 g/mol. The number of rotatable bonds is 3. The first-order valence-corrected chi connectivity index (χ1v) is 8.16. The van der Waals surface area contributed by atoms with Crippen LogP contribution in [0.15, 0.2) is 18.2 Å². The van der Waals surface area contributed by atoms with Crippen LogP contribution < -0.4 is 14.4 Å². The fourth-order valence-corrected chi connectivity index (χ4v) is 3.91. The number of imide groups is 1. The van der Waals surface area contributed by atoms with Gasteiger partial charge in [-0.3, -0.25) is 14.5 Å². The van der Waals surface area contributed by atoms with Crippen LogP contribution in [0.2, 0.25) is 0 Å². The van der Waals surface area contributed by atoms with Gasteiger partial charge < -0.3 is 9.47 Å². The fourth-order valence-electron chi connectivity index (χ4n) is 3.91. The van der Waals surface area contributed by atoms with E-state index >= 15 is 0 Å². The molecule has 1 spiro atoms. The van der Waals surface area contributed by atoms with E-state index in [-0.39, 0.29) is 17.2 Å². The highest BCUT2D eigenvalue weighted by Crippen LogP contribution is 2.46. The third-order valence-corrected chi connectivity index (χ3v) is 5.09. The molecule has 23 heavy (non-hydrogen) atoms. The topological polar surface area (TPSA) is 55.8 Å². The Morgan fingerprint density at radius 1 is 0.913 bits per heavy atom. The number of anilines is 1. The molecule has 1 aliphatic carbocycles. The van der Waals surface area contributed by atoms with Crippen LogP contribution in [0.1, 0.15) is 44.9 Å². The van der Waals surface area contributed by atoms with Crippen LogP contribution in [0.4, 0.5) is 5.69 Å². The summed E-state index contributed by atoms with van der Waals surface area (Å²) in [5.41, 5.74) is 0.461. The van der Waals surface area contributed by atoms with Crippen molar-refractivity contribution in [2.24, 2.45) is 5.41 Å². The molecule has 5 heteroatoms. The summed E-state index contributed by atoms with van der Waals surface area (Å²) in [6, 6.07) is 5.14. The number of hydrogen-bond acceptors (Lipinski definition) is 4. The molecule has 1 aromatic carbocycles. The predicted molar refractivity (Wildman–Crippen MR) is 86.8 cm³/mol. The standard InChI is InChI=1S/C18H23NO4/c1-22-14-7-6-13(10-15(14)23-2)19-16(20)11-18(12-17(19)21)8-4-3-5-9-18/h6-7,10H,3-5,8-9,11-12H2,1-2H3. The largest absolute Gasteiger partial charge is 0.493 e. The molecule has 1 heterocycles. The summed E-state index contributed by atoms with van der Waals surface area (Å²) >= 11 is 0. The molecule has 2 amide bonds. The number of carbonyl (C=O) groups excluding carboxylic acids is 2. The van der Waals surface area contributed by atoms with Crippen molar-refractivity contribution in [3.05, 3.63) is 18.2 Å². The molecule has 5 nitrogen and oxygen atoms in total. The minimum atomic E-state index is -0.102. The van der Waals surface area contributed by atoms with Gasteiger partial charge >= 0.3 is 0 Å². The second-order valence-corrected chi connectivity index (χ2v) is 6.58. The van der Waals surface area contributed by atoms with Crippen molar-refractivity contribution in [3.63, 3.8) is 0 Å².